The summed E-state index contributed by atoms with van der Waals surface area (Å²) in [5.41, 5.74) is 6.35. The number of halogens is 1. The third-order valence-corrected chi connectivity index (χ3v) is 2.29. The normalized spacial score (nSPS) is 12.3. The van der Waals surface area contributed by atoms with Crippen LogP contribution >= 0.6 is 11.6 Å². The van der Waals surface area contributed by atoms with E-state index in [9.17, 15) is 0 Å². The van der Waals surface area contributed by atoms with E-state index >= 15 is 0 Å². The molecule has 0 aliphatic rings. The van der Waals surface area contributed by atoms with Crippen molar-refractivity contribution in [2.45, 2.75) is 6.04 Å². The summed E-state index contributed by atoms with van der Waals surface area (Å²) in [4.78, 5) is 0. The van der Waals surface area contributed by atoms with Gasteiger partial charge >= 0.3 is 0 Å². The average Bonchev–Trinajstić information content (AvgIpc) is 2.26. The van der Waals surface area contributed by atoms with Gasteiger partial charge in [-0.1, -0.05) is 11.6 Å². The summed E-state index contributed by atoms with van der Waals surface area (Å²) in [6, 6.07) is 2.75. The number of benzene rings is 1. The zero-order chi connectivity index (χ0) is 11.4. The van der Waals surface area contributed by atoms with Gasteiger partial charge in [-0.05, 0) is 6.07 Å². The standard InChI is InChI=1S/C10H14ClNO3/c1-14-9-4-6(11)3-7(8(12)5-13)10(9)15-2/h3-4,8,13H,5,12H2,1-2H3/t8-/m0/s1. The molecule has 3 N–H and O–H groups in total. The molecular weight excluding hydrogens is 218 g/mol. The lowest BCUT2D eigenvalue weighted by molar-refractivity contribution is 0.263. The van der Waals surface area contributed by atoms with Crippen molar-refractivity contribution < 1.29 is 14.6 Å². The number of rotatable bonds is 4. The zero-order valence-electron chi connectivity index (χ0n) is 8.66. The van der Waals surface area contributed by atoms with E-state index in [-0.39, 0.29) is 6.61 Å². The number of hydrogen-bond acceptors (Lipinski definition) is 4. The molecule has 1 rings (SSSR count). The fourth-order valence-electron chi connectivity index (χ4n) is 1.33. The Morgan fingerprint density at radius 2 is 2.07 bits per heavy atom. The second-order valence-electron chi connectivity index (χ2n) is 3.02. The van der Waals surface area contributed by atoms with E-state index in [1.54, 1.807) is 12.1 Å². The van der Waals surface area contributed by atoms with E-state index in [1.807, 2.05) is 0 Å². The zero-order valence-corrected chi connectivity index (χ0v) is 9.41. The number of aliphatic hydroxyl groups is 1. The summed E-state index contributed by atoms with van der Waals surface area (Å²) in [5.74, 6) is 1.01. The molecule has 0 amide bonds. The maximum absolute atomic E-state index is 9.00. The molecule has 1 atom stereocenters. The Hall–Kier alpha value is -0.970. The number of ether oxygens (including phenoxy) is 2. The highest BCUT2D eigenvalue weighted by atomic mass is 35.5. The Morgan fingerprint density at radius 1 is 1.40 bits per heavy atom. The molecule has 0 spiro atoms. The largest absolute Gasteiger partial charge is 0.493 e. The van der Waals surface area contributed by atoms with Crippen LogP contribution in [0.5, 0.6) is 11.5 Å². The van der Waals surface area contributed by atoms with Gasteiger partial charge in [-0.3, -0.25) is 0 Å². The molecule has 1 aromatic carbocycles. The first-order valence-corrected chi connectivity index (χ1v) is 4.79. The molecule has 0 saturated heterocycles. The summed E-state index contributed by atoms with van der Waals surface area (Å²) >= 11 is 5.89. The molecule has 0 saturated carbocycles. The highest BCUT2D eigenvalue weighted by Crippen LogP contribution is 2.36. The van der Waals surface area contributed by atoms with Crippen molar-refractivity contribution in [1.29, 1.82) is 0 Å². The predicted octanol–water partition coefficient (Wildman–Crippen LogP) is 1.35. The first-order chi connectivity index (χ1) is 7.13. The van der Waals surface area contributed by atoms with Gasteiger partial charge in [0.05, 0.1) is 26.9 Å². The summed E-state index contributed by atoms with van der Waals surface area (Å²) in [6.07, 6.45) is 0. The van der Waals surface area contributed by atoms with Crippen molar-refractivity contribution in [3.8, 4) is 11.5 Å². The minimum absolute atomic E-state index is 0.181. The highest BCUT2D eigenvalue weighted by Gasteiger charge is 2.16. The van der Waals surface area contributed by atoms with E-state index in [0.717, 1.165) is 0 Å². The van der Waals surface area contributed by atoms with Gasteiger partial charge in [0.1, 0.15) is 0 Å². The number of hydrogen-bond donors (Lipinski definition) is 2. The Balaban J connectivity index is 3.28. The Kier molecular flexibility index (Phi) is 4.20. The van der Waals surface area contributed by atoms with E-state index < -0.39 is 6.04 Å². The third-order valence-electron chi connectivity index (χ3n) is 2.07. The Bertz CT molecular complexity index is 344. The molecule has 4 nitrogen and oxygen atoms in total. The molecule has 0 aliphatic carbocycles. The summed E-state index contributed by atoms with van der Waals surface area (Å²) in [7, 11) is 3.03. The van der Waals surface area contributed by atoms with E-state index in [0.29, 0.717) is 22.1 Å². The summed E-state index contributed by atoms with van der Waals surface area (Å²) in [5, 5.41) is 9.49. The smallest absolute Gasteiger partial charge is 0.165 e. The molecule has 15 heavy (non-hydrogen) atoms. The first kappa shape index (κ1) is 12.1. The fraction of sp³-hybridized carbons (Fsp3) is 0.400. The van der Waals surface area contributed by atoms with Gasteiger partial charge in [0.2, 0.25) is 0 Å². The minimum Gasteiger partial charge on any atom is -0.493 e. The molecule has 0 radical (unpaired) electrons. The monoisotopic (exact) mass is 231 g/mol. The molecule has 0 aliphatic heterocycles. The van der Waals surface area contributed by atoms with Crippen LogP contribution in [0.2, 0.25) is 5.02 Å². The van der Waals surface area contributed by atoms with Crippen molar-refractivity contribution in [1.82, 2.24) is 0 Å². The lowest BCUT2D eigenvalue weighted by Crippen LogP contribution is -2.15. The van der Waals surface area contributed by atoms with Gasteiger partial charge in [0, 0.05) is 16.7 Å². The van der Waals surface area contributed by atoms with Crippen LogP contribution in [-0.2, 0) is 0 Å². The van der Waals surface area contributed by atoms with Crippen molar-refractivity contribution >= 4 is 11.6 Å². The molecule has 5 heteroatoms. The molecule has 0 fully saturated rings. The molecule has 84 valence electrons. The maximum Gasteiger partial charge on any atom is 0.165 e. The third kappa shape index (κ3) is 2.53. The van der Waals surface area contributed by atoms with Gasteiger partial charge in [-0.15, -0.1) is 0 Å². The molecule has 0 heterocycles. The second kappa shape index (κ2) is 5.21. The van der Waals surface area contributed by atoms with E-state index in [2.05, 4.69) is 0 Å². The maximum atomic E-state index is 9.00. The van der Waals surface area contributed by atoms with Crippen molar-refractivity contribution in [3.05, 3.63) is 22.7 Å². The van der Waals surface area contributed by atoms with Gasteiger partial charge < -0.3 is 20.3 Å². The molecule has 0 bridgehead atoms. The van der Waals surface area contributed by atoms with Gasteiger partial charge in [0.15, 0.2) is 11.5 Å². The molecule has 0 aromatic heterocycles. The van der Waals surface area contributed by atoms with Crippen LogP contribution in [0.4, 0.5) is 0 Å². The molecule has 0 unspecified atom stereocenters. The van der Waals surface area contributed by atoms with Crippen LogP contribution in [0.25, 0.3) is 0 Å². The van der Waals surface area contributed by atoms with Crippen LogP contribution in [-0.4, -0.2) is 25.9 Å². The van der Waals surface area contributed by atoms with E-state index in [4.69, 9.17) is 31.9 Å². The second-order valence-corrected chi connectivity index (χ2v) is 3.46. The average molecular weight is 232 g/mol. The van der Waals surface area contributed by atoms with Crippen LogP contribution in [0, 0.1) is 0 Å². The van der Waals surface area contributed by atoms with Crippen molar-refractivity contribution in [2.75, 3.05) is 20.8 Å². The lowest BCUT2D eigenvalue weighted by atomic mass is 10.1. The van der Waals surface area contributed by atoms with Crippen LogP contribution in [0.3, 0.4) is 0 Å². The van der Waals surface area contributed by atoms with Crippen LogP contribution in [0.15, 0.2) is 12.1 Å². The lowest BCUT2D eigenvalue weighted by Gasteiger charge is -2.16. The van der Waals surface area contributed by atoms with Crippen molar-refractivity contribution in [2.24, 2.45) is 5.73 Å². The topological polar surface area (TPSA) is 64.7 Å². The van der Waals surface area contributed by atoms with Crippen LogP contribution in [0.1, 0.15) is 11.6 Å². The number of methoxy groups -OCH3 is 2. The Labute approximate surface area is 93.6 Å². The summed E-state index contributed by atoms with van der Waals surface area (Å²) in [6.45, 7) is -0.181. The highest BCUT2D eigenvalue weighted by molar-refractivity contribution is 6.30. The van der Waals surface area contributed by atoms with Gasteiger partial charge in [-0.2, -0.15) is 0 Å². The number of aliphatic hydroxyl groups excluding tert-OH is 1. The molecule has 1 aromatic rings. The van der Waals surface area contributed by atoms with Crippen molar-refractivity contribution in [3.63, 3.8) is 0 Å². The SMILES string of the molecule is COc1cc(Cl)cc([C@@H](N)CO)c1OC. The Morgan fingerprint density at radius 3 is 2.53 bits per heavy atom. The number of nitrogens with two attached hydrogens (primary N) is 1. The predicted molar refractivity (Wildman–Crippen MR) is 58.6 cm³/mol. The minimum atomic E-state index is -0.535. The van der Waals surface area contributed by atoms with Crippen LogP contribution < -0.4 is 15.2 Å². The van der Waals surface area contributed by atoms with Gasteiger partial charge in [-0.25, -0.2) is 0 Å². The van der Waals surface area contributed by atoms with E-state index in [1.165, 1.54) is 14.2 Å². The molecular formula is C10H14ClNO3. The van der Waals surface area contributed by atoms with Gasteiger partial charge in [0.25, 0.3) is 0 Å². The quantitative estimate of drug-likeness (QED) is 0.821. The first-order valence-electron chi connectivity index (χ1n) is 4.41. The fourth-order valence-corrected chi connectivity index (χ4v) is 1.55. The summed E-state index contributed by atoms with van der Waals surface area (Å²) < 4.78 is 10.3.